The maximum absolute atomic E-state index is 12.9. The van der Waals surface area contributed by atoms with Crippen LogP contribution in [0.5, 0.6) is 0 Å². The van der Waals surface area contributed by atoms with Gasteiger partial charge >= 0.3 is 5.97 Å². The van der Waals surface area contributed by atoms with E-state index >= 15 is 0 Å². The molecule has 1 amide bonds. The van der Waals surface area contributed by atoms with Crippen molar-refractivity contribution in [1.29, 1.82) is 0 Å². The summed E-state index contributed by atoms with van der Waals surface area (Å²) in [7, 11) is 0. The Morgan fingerprint density at radius 1 is 0.971 bits per heavy atom. The van der Waals surface area contributed by atoms with Crippen molar-refractivity contribution in [2.24, 2.45) is 0 Å². The number of anilines is 1. The SMILES string of the molecule is O=C(COC(=O)c1cc(-c2ccccn2)nc2ccccc12)Nc1nc2ccc([N+](=O)[O-])cc2s1. The Morgan fingerprint density at radius 3 is 2.60 bits per heavy atom. The summed E-state index contributed by atoms with van der Waals surface area (Å²) in [5.74, 6) is -1.27. The van der Waals surface area contributed by atoms with Crippen LogP contribution in [0.15, 0.2) is 72.9 Å². The van der Waals surface area contributed by atoms with Crippen LogP contribution in [-0.2, 0) is 9.53 Å². The summed E-state index contributed by atoms with van der Waals surface area (Å²) in [4.78, 5) is 48.9. The van der Waals surface area contributed by atoms with E-state index in [4.69, 9.17) is 4.74 Å². The molecule has 0 saturated heterocycles. The molecule has 3 aromatic heterocycles. The number of nitro benzene ring substituents is 1. The van der Waals surface area contributed by atoms with Gasteiger partial charge < -0.3 is 4.74 Å². The largest absolute Gasteiger partial charge is 0.452 e. The molecule has 0 saturated carbocycles. The van der Waals surface area contributed by atoms with Crippen LogP contribution >= 0.6 is 11.3 Å². The molecule has 0 fully saturated rings. The summed E-state index contributed by atoms with van der Waals surface area (Å²) >= 11 is 1.09. The lowest BCUT2D eigenvalue weighted by atomic mass is 10.1. The average molecular weight is 485 g/mol. The van der Waals surface area contributed by atoms with Crippen LogP contribution in [0.2, 0.25) is 0 Å². The number of hydrogen-bond donors (Lipinski definition) is 1. The molecule has 0 aliphatic rings. The van der Waals surface area contributed by atoms with Crippen molar-refractivity contribution in [2.45, 2.75) is 0 Å². The molecule has 10 nitrogen and oxygen atoms in total. The minimum absolute atomic E-state index is 0.0670. The number of carbonyl (C=O) groups is 2. The molecule has 5 rings (SSSR count). The molecule has 11 heteroatoms. The van der Waals surface area contributed by atoms with Crippen LogP contribution in [0.3, 0.4) is 0 Å². The number of aromatic nitrogens is 3. The van der Waals surface area contributed by atoms with Crippen molar-refractivity contribution < 1.29 is 19.2 Å². The number of thiazole rings is 1. The number of esters is 1. The Labute approximate surface area is 201 Å². The van der Waals surface area contributed by atoms with Crippen molar-refractivity contribution in [3.05, 3.63) is 88.6 Å². The van der Waals surface area contributed by atoms with Crippen molar-refractivity contribution in [3.8, 4) is 11.4 Å². The lowest BCUT2D eigenvalue weighted by Crippen LogP contribution is -2.21. The van der Waals surface area contributed by atoms with Crippen LogP contribution < -0.4 is 5.32 Å². The molecule has 2 aromatic carbocycles. The number of benzene rings is 2. The summed E-state index contributed by atoms with van der Waals surface area (Å²) < 4.78 is 5.83. The average Bonchev–Trinajstić information content (AvgIpc) is 3.28. The number of fused-ring (bicyclic) bond motifs is 2. The lowest BCUT2D eigenvalue weighted by molar-refractivity contribution is -0.384. The third-order valence-electron chi connectivity index (χ3n) is 5.03. The van der Waals surface area contributed by atoms with Gasteiger partial charge in [-0.3, -0.25) is 25.2 Å². The second-order valence-corrected chi connectivity index (χ2v) is 8.37. The fourth-order valence-corrected chi connectivity index (χ4v) is 4.35. The Kier molecular flexibility index (Phi) is 5.81. The van der Waals surface area contributed by atoms with E-state index in [1.807, 2.05) is 12.1 Å². The highest BCUT2D eigenvalue weighted by Crippen LogP contribution is 2.29. The van der Waals surface area contributed by atoms with Crippen LogP contribution in [0, 0.1) is 10.1 Å². The Balaban J connectivity index is 1.33. The molecule has 172 valence electrons. The van der Waals surface area contributed by atoms with Crippen molar-refractivity contribution in [2.75, 3.05) is 11.9 Å². The number of amides is 1. The Hall–Kier alpha value is -4.77. The first-order valence-corrected chi connectivity index (χ1v) is 11.1. The molecule has 0 aliphatic heterocycles. The quantitative estimate of drug-likeness (QED) is 0.209. The number of non-ortho nitro benzene ring substituents is 1. The zero-order valence-electron chi connectivity index (χ0n) is 17.9. The molecular weight excluding hydrogens is 470 g/mol. The van der Waals surface area contributed by atoms with Gasteiger partial charge in [0.25, 0.3) is 11.6 Å². The van der Waals surface area contributed by atoms with Crippen LogP contribution in [0.1, 0.15) is 10.4 Å². The van der Waals surface area contributed by atoms with Gasteiger partial charge in [-0.1, -0.05) is 35.6 Å². The molecular formula is C24H15N5O5S. The molecule has 3 heterocycles. The number of pyridine rings is 2. The van der Waals surface area contributed by atoms with Gasteiger partial charge in [0.05, 0.1) is 37.6 Å². The second-order valence-electron chi connectivity index (χ2n) is 7.34. The molecule has 35 heavy (non-hydrogen) atoms. The summed E-state index contributed by atoms with van der Waals surface area (Å²) in [6.45, 7) is -0.537. The van der Waals surface area contributed by atoms with Crippen molar-refractivity contribution in [1.82, 2.24) is 15.0 Å². The predicted octanol–water partition coefficient (Wildman–Crippen LogP) is 4.61. The highest BCUT2D eigenvalue weighted by atomic mass is 32.1. The predicted molar refractivity (Wildman–Crippen MR) is 130 cm³/mol. The van der Waals surface area contributed by atoms with Crippen LogP contribution in [0.25, 0.3) is 32.5 Å². The standard InChI is InChI=1S/C24H15N5O5S/c30-22(28-24-27-19-9-8-14(29(32)33)11-21(19)35-24)13-34-23(31)16-12-20(18-7-3-4-10-25-18)26-17-6-2-1-5-15(16)17/h1-12H,13H2,(H,27,28,30). The molecule has 0 unspecified atom stereocenters. The number of ether oxygens (including phenoxy) is 1. The van der Waals surface area contributed by atoms with Gasteiger partial charge in [0.1, 0.15) is 0 Å². The van der Waals surface area contributed by atoms with E-state index in [2.05, 4.69) is 20.3 Å². The number of rotatable bonds is 6. The van der Waals surface area contributed by atoms with E-state index in [9.17, 15) is 19.7 Å². The van der Waals surface area contributed by atoms with Gasteiger partial charge in [0, 0.05) is 23.7 Å². The second kappa shape index (κ2) is 9.23. The molecule has 0 aliphatic carbocycles. The van der Waals surface area contributed by atoms with Gasteiger partial charge in [-0.25, -0.2) is 14.8 Å². The number of nitro groups is 1. The van der Waals surface area contributed by atoms with Crippen molar-refractivity contribution >= 4 is 55.2 Å². The molecule has 0 spiro atoms. The minimum Gasteiger partial charge on any atom is -0.452 e. The first-order valence-electron chi connectivity index (χ1n) is 10.3. The van der Waals surface area contributed by atoms with Crippen LogP contribution in [0.4, 0.5) is 10.8 Å². The Bertz CT molecular complexity index is 1600. The zero-order chi connectivity index (χ0) is 24.4. The molecule has 0 atom stereocenters. The summed E-state index contributed by atoms with van der Waals surface area (Å²) in [6.07, 6.45) is 1.63. The number of nitrogens with one attached hydrogen (secondary N) is 1. The van der Waals surface area contributed by atoms with Gasteiger partial charge in [0.2, 0.25) is 0 Å². The summed E-state index contributed by atoms with van der Waals surface area (Å²) in [6, 6.07) is 18.3. The number of carbonyl (C=O) groups excluding carboxylic acids is 2. The fourth-order valence-electron chi connectivity index (χ4n) is 3.43. The molecule has 0 radical (unpaired) electrons. The van der Waals surface area contributed by atoms with E-state index in [1.54, 1.807) is 42.6 Å². The zero-order valence-corrected chi connectivity index (χ0v) is 18.7. The fraction of sp³-hybridized carbons (Fsp3) is 0.0417. The van der Waals surface area contributed by atoms with Gasteiger partial charge in [-0.05, 0) is 30.3 Å². The lowest BCUT2D eigenvalue weighted by Gasteiger charge is -2.09. The molecule has 5 aromatic rings. The summed E-state index contributed by atoms with van der Waals surface area (Å²) in [5.41, 5.74) is 2.40. The van der Waals surface area contributed by atoms with Crippen molar-refractivity contribution in [3.63, 3.8) is 0 Å². The van der Waals surface area contributed by atoms with E-state index in [-0.39, 0.29) is 16.4 Å². The van der Waals surface area contributed by atoms with Gasteiger partial charge in [0.15, 0.2) is 11.7 Å². The monoisotopic (exact) mass is 485 g/mol. The maximum atomic E-state index is 12.9. The van der Waals surface area contributed by atoms with E-state index < -0.39 is 23.4 Å². The highest BCUT2D eigenvalue weighted by molar-refractivity contribution is 7.22. The smallest absolute Gasteiger partial charge is 0.339 e. The van der Waals surface area contributed by atoms with Crippen LogP contribution in [-0.4, -0.2) is 38.4 Å². The third kappa shape index (κ3) is 4.66. The van der Waals surface area contributed by atoms with E-state index in [0.717, 1.165) is 11.3 Å². The number of hydrogen-bond acceptors (Lipinski definition) is 9. The highest BCUT2D eigenvalue weighted by Gasteiger charge is 2.18. The molecule has 0 bridgehead atoms. The maximum Gasteiger partial charge on any atom is 0.339 e. The first-order chi connectivity index (χ1) is 17.0. The van der Waals surface area contributed by atoms with E-state index in [0.29, 0.717) is 32.5 Å². The normalized spacial score (nSPS) is 10.9. The van der Waals surface area contributed by atoms with E-state index in [1.165, 1.54) is 18.2 Å². The Morgan fingerprint density at radius 2 is 1.80 bits per heavy atom. The first kappa shape index (κ1) is 22.0. The minimum atomic E-state index is -0.684. The topological polar surface area (TPSA) is 137 Å². The molecule has 1 N–H and O–H groups in total. The summed E-state index contributed by atoms with van der Waals surface area (Å²) in [5, 5.41) is 14.3. The number of nitrogens with zero attached hydrogens (tertiary/aromatic N) is 4. The number of para-hydroxylation sites is 1. The third-order valence-corrected chi connectivity index (χ3v) is 5.96. The van der Waals surface area contributed by atoms with Gasteiger partial charge in [-0.2, -0.15) is 0 Å². The van der Waals surface area contributed by atoms with Gasteiger partial charge in [-0.15, -0.1) is 0 Å².